The first-order valence-electron chi connectivity index (χ1n) is 8.83. The van der Waals surface area contributed by atoms with Gasteiger partial charge in [0.2, 0.25) is 0 Å². The number of rotatable bonds is 5. The Morgan fingerprint density at radius 2 is 1.55 bits per heavy atom. The van der Waals surface area contributed by atoms with E-state index in [1.165, 1.54) is 0 Å². The third-order valence-corrected chi connectivity index (χ3v) is 4.83. The average Bonchev–Trinajstić information content (AvgIpc) is 3.19. The molecule has 0 atom stereocenters. The summed E-state index contributed by atoms with van der Waals surface area (Å²) < 4.78 is 1.81. The number of para-hydroxylation sites is 1. The maximum Gasteiger partial charge on any atom is 0.289 e. The molecule has 144 valence electrons. The molecule has 1 amide bonds. The van der Waals surface area contributed by atoms with E-state index in [4.69, 9.17) is 23.2 Å². The van der Waals surface area contributed by atoms with Crippen LogP contribution in [0, 0.1) is 0 Å². The Morgan fingerprint density at radius 3 is 2.28 bits per heavy atom. The van der Waals surface area contributed by atoms with Crippen molar-refractivity contribution in [3.63, 3.8) is 0 Å². The molecule has 0 aliphatic heterocycles. The molecule has 4 aromatic rings. The number of carbonyl (C=O) groups is 1. The van der Waals surface area contributed by atoms with Crippen molar-refractivity contribution in [2.24, 2.45) is 0 Å². The van der Waals surface area contributed by atoms with Crippen LogP contribution < -0.4 is 10.9 Å². The quantitative estimate of drug-likeness (QED) is 0.411. The number of hydrazine groups is 1. The Kier molecular flexibility index (Phi) is 5.51. The van der Waals surface area contributed by atoms with Gasteiger partial charge >= 0.3 is 0 Å². The summed E-state index contributed by atoms with van der Waals surface area (Å²) in [6.45, 7) is 0. The summed E-state index contributed by atoms with van der Waals surface area (Å²) in [5.74, 6) is 0.192. The summed E-state index contributed by atoms with van der Waals surface area (Å²) in [5.41, 5.74) is 8.09. The van der Waals surface area contributed by atoms with Crippen molar-refractivity contribution >= 4 is 34.8 Å². The zero-order chi connectivity index (χ0) is 20.2. The van der Waals surface area contributed by atoms with Crippen molar-refractivity contribution in [2.45, 2.75) is 0 Å². The molecular formula is C22H16Cl2N4O. The van der Waals surface area contributed by atoms with Gasteiger partial charge in [-0.25, -0.2) is 4.98 Å². The van der Waals surface area contributed by atoms with E-state index >= 15 is 0 Å². The maximum absolute atomic E-state index is 12.7. The molecule has 3 aromatic carbocycles. The fourth-order valence-corrected chi connectivity index (χ4v) is 3.18. The number of benzene rings is 3. The molecule has 29 heavy (non-hydrogen) atoms. The first-order chi connectivity index (χ1) is 14.1. The van der Waals surface area contributed by atoms with Crippen LogP contribution >= 0.6 is 23.2 Å². The predicted octanol–water partition coefficient (Wildman–Crippen LogP) is 5.60. The molecule has 1 aromatic heterocycles. The van der Waals surface area contributed by atoms with Crippen LogP contribution in [0.25, 0.3) is 17.1 Å². The van der Waals surface area contributed by atoms with Crippen LogP contribution in [0.3, 0.4) is 0 Å². The molecule has 0 aliphatic rings. The van der Waals surface area contributed by atoms with Crippen molar-refractivity contribution in [1.82, 2.24) is 15.0 Å². The van der Waals surface area contributed by atoms with E-state index < -0.39 is 0 Å². The Bertz CT molecular complexity index is 1140. The molecule has 7 heteroatoms. The lowest BCUT2D eigenvalue weighted by molar-refractivity contribution is 0.0958. The number of imidazole rings is 1. The van der Waals surface area contributed by atoms with Gasteiger partial charge in [-0.2, -0.15) is 0 Å². The fourth-order valence-electron chi connectivity index (χ4n) is 2.84. The first kappa shape index (κ1) is 19.1. The van der Waals surface area contributed by atoms with Crippen molar-refractivity contribution < 1.29 is 4.79 Å². The van der Waals surface area contributed by atoms with Crippen LogP contribution in [0.4, 0.5) is 5.69 Å². The molecule has 0 bridgehead atoms. The van der Waals surface area contributed by atoms with Gasteiger partial charge in [-0.15, -0.1) is 0 Å². The van der Waals surface area contributed by atoms with E-state index in [2.05, 4.69) is 15.8 Å². The lowest BCUT2D eigenvalue weighted by Crippen LogP contribution is -2.29. The van der Waals surface area contributed by atoms with E-state index in [-0.39, 0.29) is 11.6 Å². The third kappa shape index (κ3) is 4.26. The van der Waals surface area contributed by atoms with Gasteiger partial charge in [0.1, 0.15) is 11.5 Å². The average molecular weight is 423 g/mol. The van der Waals surface area contributed by atoms with Crippen molar-refractivity contribution in [3.05, 3.63) is 101 Å². The second-order valence-electron chi connectivity index (χ2n) is 6.22. The molecule has 0 spiro atoms. The molecule has 0 radical (unpaired) electrons. The number of nitrogens with zero attached hydrogens (tertiary/aromatic N) is 2. The van der Waals surface area contributed by atoms with E-state index in [1.54, 1.807) is 24.4 Å². The van der Waals surface area contributed by atoms with Gasteiger partial charge < -0.3 is 0 Å². The fraction of sp³-hybridized carbons (Fsp3) is 0. The number of halogens is 2. The van der Waals surface area contributed by atoms with Crippen LogP contribution in [-0.2, 0) is 0 Å². The Balaban J connectivity index is 1.70. The molecule has 2 N–H and O–H groups in total. The van der Waals surface area contributed by atoms with E-state index in [1.807, 2.05) is 65.2 Å². The highest BCUT2D eigenvalue weighted by Crippen LogP contribution is 2.29. The topological polar surface area (TPSA) is 59.0 Å². The summed E-state index contributed by atoms with van der Waals surface area (Å²) in [5, 5.41) is 1.17. The minimum atomic E-state index is -0.366. The highest BCUT2D eigenvalue weighted by atomic mass is 35.5. The molecule has 0 aliphatic carbocycles. The predicted molar refractivity (Wildman–Crippen MR) is 117 cm³/mol. The summed E-state index contributed by atoms with van der Waals surface area (Å²) in [6.07, 6.45) is 1.67. The van der Waals surface area contributed by atoms with Crippen molar-refractivity contribution in [1.29, 1.82) is 0 Å². The number of amides is 1. The molecule has 0 fully saturated rings. The van der Waals surface area contributed by atoms with Crippen molar-refractivity contribution in [2.75, 3.05) is 5.43 Å². The molecule has 4 rings (SSSR count). The lowest BCUT2D eigenvalue weighted by atomic mass is 10.2. The van der Waals surface area contributed by atoms with Crippen LogP contribution in [0.15, 0.2) is 85.1 Å². The smallest absolute Gasteiger partial charge is 0.289 e. The molecule has 0 unspecified atom stereocenters. The second-order valence-corrected chi connectivity index (χ2v) is 7.06. The number of anilines is 1. The van der Waals surface area contributed by atoms with Gasteiger partial charge in [0.15, 0.2) is 0 Å². The van der Waals surface area contributed by atoms with Crippen molar-refractivity contribution in [3.8, 4) is 17.1 Å². The molecule has 0 saturated carbocycles. The minimum Gasteiger partial charge on any atom is -0.299 e. The standard InChI is InChI=1S/C22H16Cl2N4O/c23-15-10-12-17(13-11-15)28-14-20(22(29)27-26-16-6-2-1-3-7-16)25-21(28)18-8-4-5-9-19(18)24/h1-14,26H,(H,27,29). The van der Waals surface area contributed by atoms with Crippen LogP contribution in [0.1, 0.15) is 10.5 Å². The summed E-state index contributed by atoms with van der Waals surface area (Å²) in [6, 6.07) is 24.0. The lowest BCUT2D eigenvalue weighted by Gasteiger charge is -2.09. The zero-order valence-electron chi connectivity index (χ0n) is 15.1. The van der Waals surface area contributed by atoms with Gasteiger partial charge in [-0.3, -0.25) is 20.2 Å². The normalized spacial score (nSPS) is 10.6. The molecular weight excluding hydrogens is 407 g/mol. The Morgan fingerprint density at radius 1 is 0.862 bits per heavy atom. The van der Waals surface area contributed by atoms with Gasteiger partial charge in [0.25, 0.3) is 5.91 Å². The number of carbonyl (C=O) groups excluding carboxylic acids is 1. The van der Waals surface area contributed by atoms with E-state index in [0.29, 0.717) is 15.9 Å². The van der Waals surface area contributed by atoms with Gasteiger partial charge in [0, 0.05) is 22.5 Å². The van der Waals surface area contributed by atoms with Crippen LogP contribution in [0.2, 0.25) is 10.0 Å². The number of nitrogens with one attached hydrogen (secondary N) is 2. The molecule has 1 heterocycles. The van der Waals surface area contributed by atoms with E-state index in [9.17, 15) is 4.79 Å². The van der Waals surface area contributed by atoms with E-state index in [0.717, 1.165) is 16.9 Å². The molecule has 5 nitrogen and oxygen atoms in total. The number of hydrogen-bond acceptors (Lipinski definition) is 3. The first-order valence-corrected chi connectivity index (χ1v) is 9.59. The van der Waals surface area contributed by atoms with Gasteiger partial charge in [0.05, 0.1) is 10.7 Å². The van der Waals surface area contributed by atoms with Gasteiger partial charge in [-0.1, -0.05) is 53.5 Å². The van der Waals surface area contributed by atoms with Crippen LogP contribution in [0.5, 0.6) is 0 Å². The molecule has 0 saturated heterocycles. The Hall–Kier alpha value is -3.28. The minimum absolute atomic E-state index is 0.248. The number of hydrogen-bond donors (Lipinski definition) is 2. The third-order valence-electron chi connectivity index (χ3n) is 4.25. The SMILES string of the molecule is O=C(NNc1ccccc1)c1cn(-c2ccc(Cl)cc2)c(-c2ccccc2Cl)n1. The van der Waals surface area contributed by atoms with Crippen LogP contribution in [-0.4, -0.2) is 15.5 Å². The van der Waals surface area contributed by atoms with Gasteiger partial charge in [-0.05, 0) is 48.5 Å². The number of aromatic nitrogens is 2. The second kappa shape index (κ2) is 8.39. The Labute approximate surface area is 177 Å². The monoisotopic (exact) mass is 422 g/mol. The summed E-state index contributed by atoms with van der Waals surface area (Å²) in [7, 11) is 0. The zero-order valence-corrected chi connectivity index (χ0v) is 16.7. The largest absolute Gasteiger partial charge is 0.299 e. The highest BCUT2D eigenvalue weighted by Gasteiger charge is 2.18. The highest BCUT2D eigenvalue weighted by molar-refractivity contribution is 6.33. The maximum atomic E-state index is 12.7. The summed E-state index contributed by atoms with van der Waals surface area (Å²) in [4.78, 5) is 17.2. The summed E-state index contributed by atoms with van der Waals surface area (Å²) >= 11 is 12.4.